The highest BCUT2D eigenvalue weighted by Gasteiger charge is 2.47. The first kappa shape index (κ1) is 25.1. The molecule has 0 aliphatic carbocycles. The number of ether oxygens (including phenoxy) is 4. The van der Waals surface area contributed by atoms with Gasteiger partial charge in [0.1, 0.15) is 23.0 Å². The lowest BCUT2D eigenvalue weighted by Crippen LogP contribution is -2.33. The monoisotopic (exact) mass is 471 g/mol. The van der Waals surface area contributed by atoms with E-state index in [-0.39, 0.29) is 37.7 Å². The van der Waals surface area contributed by atoms with Gasteiger partial charge in [-0.2, -0.15) is 0 Å². The maximum Gasteiger partial charge on any atom is 0.295 e. The number of likely N-dealkylation sites (tertiary alicyclic amines) is 1. The molecule has 1 atom stereocenters. The number of ketones is 1. The molecule has 9 nitrogen and oxygen atoms in total. The van der Waals surface area contributed by atoms with Crippen LogP contribution in [0.15, 0.2) is 48.0 Å². The van der Waals surface area contributed by atoms with Crippen LogP contribution in [0.1, 0.15) is 24.1 Å². The average molecular weight is 472 g/mol. The minimum atomic E-state index is -0.912. The Balaban J connectivity index is 2.11. The van der Waals surface area contributed by atoms with Crippen molar-refractivity contribution in [1.82, 2.24) is 4.90 Å². The lowest BCUT2D eigenvalue weighted by molar-refractivity contribution is -0.140. The van der Waals surface area contributed by atoms with Crippen LogP contribution in [0.5, 0.6) is 17.2 Å². The molecular formula is C25H29NO8. The predicted molar refractivity (Wildman–Crippen MR) is 124 cm³/mol. The Hall–Kier alpha value is -3.56. The van der Waals surface area contributed by atoms with Crippen molar-refractivity contribution < 1.29 is 38.7 Å². The third-order valence-electron chi connectivity index (χ3n) is 5.43. The predicted octanol–water partition coefficient (Wildman–Crippen LogP) is 2.53. The van der Waals surface area contributed by atoms with Crippen LogP contribution in [0.4, 0.5) is 0 Å². The number of Topliss-reactive ketones (excluding diaryl/α,β-unsaturated/α-hetero) is 1. The number of amides is 1. The Bertz CT molecular complexity index is 1050. The summed E-state index contributed by atoms with van der Waals surface area (Å²) in [6.45, 7) is 2.48. The van der Waals surface area contributed by atoms with Crippen molar-refractivity contribution in [1.29, 1.82) is 0 Å². The highest BCUT2D eigenvalue weighted by Crippen LogP contribution is 2.43. The normalized spacial score (nSPS) is 17.2. The van der Waals surface area contributed by atoms with Crippen LogP contribution in [0.2, 0.25) is 0 Å². The maximum absolute atomic E-state index is 13.1. The number of carbonyl (C=O) groups excluding carboxylic acids is 2. The quantitative estimate of drug-likeness (QED) is 0.222. The molecule has 0 unspecified atom stereocenters. The van der Waals surface area contributed by atoms with E-state index in [0.29, 0.717) is 35.0 Å². The summed E-state index contributed by atoms with van der Waals surface area (Å²) in [5.41, 5.74) is 0.826. The van der Waals surface area contributed by atoms with Gasteiger partial charge in [0.2, 0.25) is 0 Å². The van der Waals surface area contributed by atoms with Crippen LogP contribution in [0, 0.1) is 0 Å². The molecule has 1 aliphatic heterocycles. The van der Waals surface area contributed by atoms with E-state index in [1.54, 1.807) is 42.5 Å². The fourth-order valence-corrected chi connectivity index (χ4v) is 3.84. The lowest BCUT2D eigenvalue weighted by atomic mass is 9.94. The number of nitrogens with zero attached hydrogens (tertiary/aromatic N) is 1. The zero-order valence-electron chi connectivity index (χ0n) is 19.4. The molecule has 1 aliphatic rings. The van der Waals surface area contributed by atoms with Gasteiger partial charge in [0.05, 0.1) is 52.3 Å². The molecule has 182 valence electrons. The number of hydrogen-bond donors (Lipinski definition) is 2. The van der Waals surface area contributed by atoms with Gasteiger partial charge in [-0.15, -0.1) is 0 Å². The molecule has 1 fully saturated rings. The molecule has 0 spiro atoms. The van der Waals surface area contributed by atoms with Gasteiger partial charge in [-0.1, -0.05) is 0 Å². The molecule has 2 aromatic carbocycles. The topological polar surface area (TPSA) is 115 Å². The Kier molecular flexibility index (Phi) is 8.50. The molecule has 34 heavy (non-hydrogen) atoms. The minimum absolute atomic E-state index is 0.0558. The zero-order chi connectivity index (χ0) is 24.7. The van der Waals surface area contributed by atoms with Crippen LogP contribution >= 0.6 is 0 Å². The fourth-order valence-electron chi connectivity index (χ4n) is 3.84. The van der Waals surface area contributed by atoms with Crippen molar-refractivity contribution in [3.8, 4) is 17.2 Å². The molecule has 1 amide bonds. The zero-order valence-corrected chi connectivity index (χ0v) is 19.4. The van der Waals surface area contributed by atoms with Gasteiger partial charge in [0.25, 0.3) is 11.7 Å². The number of carbonyl (C=O) groups is 2. The van der Waals surface area contributed by atoms with Crippen molar-refractivity contribution >= 4 is 17.4 Å². The molecule has 2 N–H and O–H groups in total. The van der Waals surface area contributed by atoms with Gasteiger partial charge in [0.15, 0.2) is 0 Å². The first-order valence-electron chi connectivity index (χ1n) is 10.9. The minimum Gasteiger partial charge on any atom is -0.507 e. The van der Waals surface area contributed by atoms with Crippen LogP contribution in [0.25, 0.3) is 5.76 Å². The molecule has 2 aromatic rings. The van der Waals surface area contributed by atoms with E-state index in [4.69, 9.17) is 24.1 Å². The standard InChI is InChI=1S/C25H29NO8/c1-4-34-17-7-5-16(6-8-17)23(28)21-22(19-10-9-18(31-2)15-20(19)32-3)26(25(30)24(21)29)11-13-33-14-12-27/h5-10,15,22,27-28H,4,11-14H2,1-3H3/b23-21+/t22-/m1/s1. The summed E-state index contributed by atoms with van der Waals surface area (Å²) in [7, 11) is 2.99. The van der Waals surface area contributed by atoms with Crippen LogP contribution in [-0.2, 0) is 14.3 Å². The van der Waals surface area contributed by atoms with E-state index >= 15 is 0 Å². The van der Waals surface area contributed by atoms with E-state index < -0.39 is 17.7 Å². The van der Waals surface area contributed by atoms with E-state index in [9.17, 15) is 14.7 Å². The largest absolute Gasteiger partial charge is 0.507 e. The molecular weight excluding hydrogens is 442 g/mol. The first-order valence-corrected chi connectivity index (χ1v) is 10.9. The van der Waals surface area contributed by atoms with Crippen LogP contribution in [-0.4, -0.2) is 74.0 Å². The fraction of sp³-hybridized carbons (Fsp3) is 0.360. The maximum atomic E-state index is 13.1. The number of methoxy groups -OCH3 is 2. The van der Waals surface area contributed by atoms with Crippen molar-refractivity contribution in [2.24, 2.45) is 0 Å². The Labute approximate surface area is 198 Å². The molecule has 1 saturated heterocycles. The molecule has 3 rings (SSSR count). The van der Waals surface area contributed by atoms with Crippen LogP contribution < -0.4 is 14.2 Å². The van der Waals surface area contributed by atoms with Gasteiger partial charge < -0.3 is 34.1 Å². The van der Waals surface area contributed by atoms with E-state index in [1.807, 2.05) is 6.92 Å². The summed E-state index contributed by atoms with van der Waals surface area (Å²) >= 11 is 0. The summed E-state index contributed by atoms with van der Waals surface area (Å²) in [5, 5.41) is 20.1. The molecule has 1 heterocycles. The number of rotatable bonds is 11. The Morgan fingerprint density at radius 1 is 1.00 bits per heavy atom. The van der Waals surface area contributed by atoms with Gasteiger partial charge in [-0.25, -0.2) is 0 Å². The first-order chi connectivity index (χ1) is 16.5. The highest BCUT2D eigenvalue weighted by molar-refractivity contribution is 6.46. The Morgan fingerprint density at radius 2 is 1.71 bits per heavy atom. The van der Waals surface area contributed by atoms with Crippen molar-refractivity contribution in [3.63, 3.8) is 0 Å². The molecule has 0 bridgehead atoms. The summed E-state index contributed by atoms with van der Waals surface area (Å²) in [6.07, 6.45) is 0. The second-order valence-corrected chi connectivity index (χ2v) is 7.39. The van der Waals surface area contributed by atoms with Gasteiger partial charge in [-0.05, 0) is 43.3 Å². The van der Waals surface area contributed by atoms with Crippen molar-refractivity contribution in [2.45, 2.75) is 13.0 Å². The van der Waals surface area contributed by atoms with E-state index in [1.165, 1.54) is 19.1 Å². The van der Waals surface area contributed by atoms with Gasteiger partial charge in [0, 0.05) is 23.7 Å². The molecule has 0 saturated carbocycles. The van der Waals surface area contributed by atoms with Crippen molar-refractivity contribution in [2.75, 3.05) is 47.2 Å². The van der Waals surface area contributed by atoms with Gasteiger partial charge in [-0.3, -0.25) is 9.59 Å². The second-order valence-electron chi connectivity index (χ2n) is 7.39. The third kappa shape index (κ3) is 5.16. The molecule has 0 aromatic heterocycles. The summed E-state index contributed by atoms with van der Waals surface area (Å²) in [4.78, 5) is 27.5. The van der Waals surface area contributed by atoms with Crippen molar-refractivity contribution in [3.05, 3.63) is 59.2 Å². The SMILES string of the molecule is CCOc1ccc(/C(O)=C2\C(=O)C(=O)N(CCOCCO)[C@@H]2c2ccc(OC)cc2OC)cc1. The number of aliphatic hydroxyl groups is 2. The smallest absolute Gasteiger partial charge is 0.295 e. The van der Waals surface area contributed by atoms with E-state index in [0.717, 1.165) is 0 Å². The number of hydrogen-bond acceptors (Lipinski definition) is 8. The van der Waals surface area contributed by atoms with Crippen LogP contribution in [0.3, 0.4) is 0 Å². The third-order valence-corrected chi connectivity index (χ3v) is 5.43. The number of benzene rings is 2. The Morgan fingerprint density at radius 3 is 2.32 bits per heavy atom. The summed E-state index contributed by atoms with van der Waals surface area (Å²) in [6, 6.07) is 10.7. The van der Waals surface area contributed by atoms with E-state index in [2.05, 4.69) is 0 Å². The second kappa shape index (κ2) is 11.5. The average Bonchev–Trinajstić information content (AvgIpc) is 3.11. The summed E-state index contributed by atoms with van der Waals surface area (Å²) < 4.78 is 21.6. The highest BCUT2D eigenvalue weighted by atomic mass is 16.5. The molecule has 9 heteroatoms. The number of aliphatic hydroxyl groups excluding tert-OH is 2. The molecule has 0 radical (unpaired) electrons. The lowest BCUT2D eigenvalue weighted by Gasteiger charge is -2.26. The summed E-state index contributed by atoms with van der Waals surface area (Å²) in [5.74, 6) is -0.322. The van der Waals surface area contributed by atoms with Gasteiger partial charge >= 0.3 is 0 Å².